The first-order valence-corrected chi connectivity index (χ1v) is 6.07. The van der Waals surface area contributed by atoms with Gasteiger partial charge in [0, 0.05) is 17.1 Å². The third kappa shape index (κ3) is 1.65. The average Bonchev–Trinajstić information content (AvgIpc) is 2.48. The molecule has 1 aliphatic carbocycles. The van der Waals surface area contributed by atoms with Gasteiger partial charge in [0.2, 0.25) is 0 Å². The second kappa shape index (κ2) is 3.70. The van der Waals surface area contributed by atoms with Crippen LogP contribution >= 0.6 is 11.8 Å². The van der Waals surface area contributed by atoms with Gasteiger partial charge in [-0.15, -0.1) is 11.8 Å². The molecule has 0 spiro atoms. The van der Waals surface area contributed by atoms with Gasteiger partial charge in [-0.1, -0.05) is 30.4 Å². The average molecular weight is 213 g/mol. The molecule has 0 aromatic heterocycles. The number of fused-ring (bicyclic) bond motifs is 2. The number of hydrogen-bond acceptors (Lipinski definition) is 2. The molecule has 2 aliphatic rings. The van der Waals surface area contributed by atoms with Crippen LogP contribution in [-0.2, 0) is 5.75 Å². The van der Waals surface area contributed by atoms with E-state index in [9.17, 15) is 0 Å². The Labute approximate surface area is 93.6 Å². The van der Waals surface area contributed by atoms with Crippen molar-refractivity contribution in [3.63, 3.8) is 0 Å². The summed E-state index contributed by atoms with van der Waals surface area (Å²) in [7, 11) is 0. The van der Waals surface area contributed by atoms with Gasteiger partial charge in [-0.2, -0.15) is 0 Å². The van der Waals surface area contributed by atoms with E-state index >= 15 is 0 Å². The van der Waals surface area contributed by atoms with Crippen molar-refractivity contribution >= 4 is 23.2 Å². The maximum Gasteiger partial charge on any atom is 0.0674 e. The zero-order chi connectivity index (χ0) is 10.1. The quantitative estimate of drug-likeness (QED) is 0.637. The second-order valence-electron chi connectivity index (χ2n) is 3.64. The van der Waals surface area contributed by atoms with Crippen LogP contribution in [0, 0.1) is 0 Å². The highest BCUT2D eigenvalue weighted by molar-refractivity contribution is 8.03. The van der Waals surface area contributed by atoms with E-state index in [1.165, 1.54) is 16.2 Å². The predicted octanol–water partition coefficient (Wildman–Crippen LogP) is 3.85. The molecule has 74 valence electrons. The Hall–Kier alpha value is -1.28. The van der Waals surface area contributed by atoms with Crippen LogP contribution in [0.15, 0.2) is 52.4 Å². The fourth-order valence-corrected chi connectivity index (χ4v) is 2.83. The standard InChI is InChI=1S/C13H11NS/c1-2-6-11-10(5-1)9-15-13-8-4-3-7-12(13)14-11/h1-6,8H,7,9H2. The molecular weight excluding hydrogens is 202 g/mol. The van der Waals surface area contributed by atoms with Gasteiger partial charge in [0.15, 0.2) is 0 Å². The van der Waals surface area contributed by atoms with Crippen molar-refractivity contribution in [1.82, 2.24) is 0 Å². The minimum atomic E-state index is 0.965. The topological polar surface area (TPSA) is 12.4 Å². The van der Waals surface area contributed by atoms with Crippen molar-refractivity contribution in [2.24, 2.45) is 4.99 Å². The first kappa shape index (κ1) is 8.98. The Morgan fingerprint density at radius 1 is 1.20 bits per heavy atom. The van der Waals surface area contributed by atoms with E-state index in [0.29, 0.717) is 0 Å². The van der Waals surface area contributed by atoms with Gasteiger partial charge < -0.3 is 0 Å². The van der Waals surface area contributed by atoms with Crippen molar-refractivity contribution in [3.05, 3.63) is 53.0 Å². The van der Waals surface area contributed by atoms with Crippen LogP contribution < -0.4 is 0 Å². The molecule has 1 aliphatic heterocycles. The molecule has 0 fully saturated rings. The number of nitrogens with zero attached hydrogens (tertiary/aromatic N) is 1. The largest absolute Gasteiger partial charge is 0.252 e. The molecule has 0 radical (unpaired) electrons. The van der Waals surface area contributed by atoms with E-state index in [2.05, 4.69) is 42.5 Å². The number of para-hydroxylation sites is 1. The molecule has 15 heavy (non-hydrogen) atoms. The van der Waals surface area contributed by atoms with Crippen molar-refractivity contribution in [2.75, 3.05) is 0 Å². The minimum absolute atomic E-state index is 0.965. The van der Waals surface area contributed by atoms with Gasteiger partial charge in [0.25, 0.3) is 0 Å². The molecule has 1 aromatic carbocycles. The van der Waals surface area contributed by atoms with Crippen LogP contribution in [-0.4, -0.2) is 5.71 Å². The summed E-state index contributed by atoms with van der Waals surface area (Å²) in [5.74, 6) is 1.03. The molecule has 0 amide bonds. The van der Waals surface area contributed by atoms with E-state index in [1.54, 1.807) is 0 Å². The number of hydrogen-bond donors (Lipinski definition) is 0. The number of allylic oxidation sites excluding steroid dienone is 4. The highest BCUT2D eigenvalue weighted by Gasteiger charge is 2.15. The summed E-state index contributed by atoms with van der Waals surface area (Å²) in [6, 6.07) is 8.41. The fraction of sp³-hybridized carbons (Fsp3) is 0.154. The van der Waals surface area contributed by atoms with Crippen LogP contribution in [0.1, 0.15) is 12.0 Å². The highest BCUT2D eigenvalue weighted by atomic mass is 32.2. The Morgan fingerprint density at radius 2 is 2.13 bits per heavy atom. The van der Waals surface area contributed by atoms with E-state index in [4.69, 9.17) is 4.99 Å². The van der Waals surface area contributed by atoms with E-state index in [0.717, 1.165) is 17.9 Å². The molecule has 0 bridgehead atoms. The van der Waals surface area contributed by atoms with Crippen LogP contribution in [0.4, 0.5) is 5.69 Å². The summed E-state index contributed by atoms with van der Waals surface area (Å²) >= 11 is 1.89. The number of aliphatic imine (C=N–C) groups is 1. The molecule has 1 heterocycles. The van der Waals surface area contributed by atoms with Crippen molar-refractivity contribution in [1.29, 1.82) is 0 Å². The van der Waals surface area contributed by atoms with Gasteiger partial charge in [0.1, 0.15) is 0 Å². The molecule has 0 atom stereocenters. The van der Waals surface area contributed by atoms with Crippen molar-refractivity contribution in [3.8, 4) is 0 Å². The Bertz CT molecular complexity index is 483. The lowest BCUT2D eigenvalue weighted by Gasteiger charge is -2.07. The molecule has 0 unspecified atom stereocenters. The zero-order valence-electron chi connectivity index (χ0n) is 8.31. The second-order valence-corrected chi connectivity index (χ2v) is 4.66. The van der Waals surface area contributed by atoms with Crippen LogP contribution in [0.3, 0.4) is 0 Å². The molecule has 1 nitrogen and oxygen atoms in total. The van der Waals surface area contributed by atoms with Crippen molar-refractivity contribution < 1.29 is 0 Å². The Morgan fingerprint density at radius 3 is 3.13 bits per heavy atom. The lowest BCUT2D eigenvalue weighted by Crippen LogP contribution is -1.99. The van der Waals surface area contributed by atoms with Crippen LogP contribution in [0.5, 0.6) is 0 Å². The Balaban J connectivity index is 2.11. The van der Waals surface area contributed by atoms with Gasteiger partial charge in [0.05, 0.1) is 11.4 Å². The summed E-state index contributed by atoms with van der Waals surface area (Å²) < 4.78 is 0. The van der Waals surface area contributed by atoms with E-state index in [1.807, 2.05) is 11.8 Å². The summed E-state index contributed by atoms with van der Waals surface area (Å²) in [6.07, 6.45) is 7.42. The Kier molecular flexibility index (Phi) is 2.22. The number of rotatable bonds is 0. The third-order valence-electron chi connectivity index (χ3n) is 2.61. The molecule has 0 N–H and O–H groups in total. The number of benzene rings is 1. The SMILES string of the molecule is C1=CCC2=Nc3ccccc3CSC2=C1. The predicted molar refractivity (Wildman–Crippen MR) is 66.7 cm³/mol. The normalized spacial score (nSPS) is 18.4. The lowest BCUT2D eigenvalue weighted by atomic mass is 10.1. The molecule has 2 heteroatoms. The zero-order valence-corrected chi connectivity index (χ0v) is 9.13. The summed E-state index contributed by atoms with van der Waals surface area (Å²) in [5, 5.41) is 0. The third-order valence-corrected chi connectivity index (χ3v) is 3.75. The monoisotopic (exact) mass is 213 g/mol. The van der Waals surface area contributed by atoms with Crippen molar-refractivity contribution in [2.45, 2.75) is 12.2 Å². The first-order chi connectivity index (χ1) is 7.43. The number of thioether (sulfide) groups is 1. The molecule has 3 rings (SSSR count). The first-order valence-electron chi connectivity index (χ1n) is 5.09. The molecule has 0 saturated heterocycles. The summed E-state index contributed by atoms with van der Waals surface area (Å²) in [4.78, 5) is 6.06. The van der Waals surface area contributed by atoms with Gasteiger partial charge in [-0.25, -0.2) is 0 Å². The van der Waals surface area contributed by atoms with Gasteiger partial charge >= 0.3 is 0 Å². The fourth-order valence-electron chi connectivity index (χ4n) is 1.81. The summed E-state index contributed by atoms with van der Waals surface area (Å²) in [6.45, 7) is 0. The van der Waals surface area contributed by atoms with Gasteiger partial charge in [-0.05, 0) is 17.7 Å². The molecule has 0 saturated carbocycles. The van der Waals surface area contributed by atoms with Gasteiger partial charge in [-0.3, -0.25) is 4.99 Å². The van der Waals surface area contributed by atoms with Crippen LogP contribution in [0.2, 0.25) is 0 Å². The lowest BCUT2D eigenvalue weighted by molar-refractivity contribution is 1.35. The summed E-state index contributed by atoms with van der Waals surface area (Å²) in [5.41, 5.74) is 3.69. The molecular formula is C13H11NS. The maximum atomic E-state index is 4.74. The molecule has 1 aromatic rings. The van der Waals surface area contributed by atoms with Crippen LogP contribution in [0.25, 0.3) is 0 Å². The van der Waals surface area contributed by atoms with E-state index < -0.39 is 0 Å². The smallest absolute Gasteiger partial charge is 0.0674 e. The highest BCUT2D eigenvalue weighted by Crippen LogP contribution is 2.35. The van der Waals surface area contributed by atoms with E-state index in [-0.39, 0.29) is 0 Å². The maximum absolute atomic E-state index is 4.74. The minimum Gasteiger partial charge on any atom is -0.252 e.